The Morgan fingerprint density at radius 1 is 0.611 bits per heavy atom. The summed E-state index contributed by atoms with van der Waals surface area (Å²) in [6.07, 6.45) is 0. The van der Waals surface area contributed by atoms with Crippen LogP contribution < -0.4 is 14.2 Å². The average Bonchev–Trinajstić information content (AvgIpc) is 2.86. The molecule has 6 heteroatoms. The molecule has 0 unspecified atom stereocenters. The number of sulfonamides is 1. The Balaban J connectivity index is 2.19. The molecular weight excluding hydrogens is 470 g/mol. The Hall–Kier alpha value is -2.83. The zero-order valence-corrected chi connectivity index (χ0v) is 23.4. The number of ether oxygens (including phenoxy) is 2. The molecule has 0 atom stereocenters. The van der Waals surface area contributed by atoms with Crippen LogP contribution in [0.25, 0.3) is 0 Å². The molecule has 36 heavy (non-hydrogen) atoms. The Morgan fingerprint density at radius 3 is 1.31 bits per heavy atom. The lowest BCUT2D eigenvalue weighted by Crippen LogP contribution is -2.31. The quantitative estimate of drug-likeness (QED) is 0.315. The number of benzene rings is 3. The molecule has 0 amide bonds. The summed E-state index contributed by atoms with van der Waals surface area (Å²) in [7, 11) is -0.670. The number of methoxy groups -OCH3 is 2. The predicted molar refractivity (Wildman–Crippen MR) is 147 cm³/mol. The van der Waals surface area contributed by atoms with Crippen molar-refractivity contribution < 1.29 is 17.9 Å². The second-order valence-electron chi connectivity index (χ2n) is 10.1. The topological polar surface area (TPSA) is 64.6 Å². The first kappa shape index (κ1) is 27.8. The molecule has 0 aliphatic heterocycles. The van der Waals surface area contributed by atoms with Crippen molar-refractivity contribution in [3.63, 3.8) is 0 Å². The number of hydrogen-bond donors (Lipinski definition) is 1. The van der Waals surface area contributed by atoms with Crippen LogP contribution in [0, 0.1) is 0 Å². The van der Waals surface area contributed by atoms with E-state index in [0.717, 1.165) is 27.8 Å². The maximum atomic E-state index is 14.2. The Morgan fingerprint density at radius 2 is 1.00 bits per heavy atom. The highest BCUT2D eigenvalue weighted by atomic mass is 32.2. The summed E-state index contributed by atoms with van der Waals surface area (Å²) in [6.45, 7) is 12.5. The van der Waals surface area contributed by atoms with Crippen molar-refractivity contribution in [2.24, 2.45) is 0 Å². The van der Waals surface area contributed by atoms with E-state index >= 15 is 0 Å². The van der Waals surface area contributed by atoms with E-state index in [2.05, 4.69) is 30.7 Å². The van der Waals surface area contributed by atoms with Gasteiger partial charge in [0, 0.05) is 0 Å². The summed E-state index contributed by atoms with van der Waals surface area (Å²) < 4.78 is 42.1. The molecule has 0 saturated carbocycles. The second-order valence-corrected chi connectivity index (χ2v) is 11.7. The number of nitrogens with one attached hydrogen (secondary N) is 1. The molecular formula is C30H39NO4S. The third-order valence-corrected chi connectivity index (χ3v) is 8.07. The first-order chi connectivity index (χ1) is 17.0. The van der Waals surface area contributed by atoms with Gasteiger partial charge in [-0.05, 0) is 69.8 Å². The predicted octanol–water partition coefficient (Wildman–Crippen LogP) is 7.14. The molecule has 3 rings (SSSR count). The van der Waals surface area contributed by atoms with E-state index in [-0.39, 0.29) is 11.8 Å². The van der Waals surface area contributed by atoms with Crippen molar-refractivity contribution in [3.05, 3.63) is 88.5 Å². The van der Waals surface area contributed by atoms with Crippen LogP contribution in [0.1, 0.15) is 93.2 Å². The van der Waals surface area contributed by atoms with Gasteiger partial charge in [0.25, 0.3) is 0 Å². The van der Waals surface area contributed by atoms with E-state index in [0.29, 0.717) is 22.3 Å². The molecule has 0 aromatic heterocycles. The van der Waals surface area contributed by atoms with E-state index in [1.165, 1.54) is 0 Å². The van der Waals surface area contributed by atoms with Crippen LogP contribution in [0.5, 0.6) is 11.5 Å². The minimum Gasteiger partial charge on any atom is -0.497 e. The van der Waals surface area contributed by atoms with Crippen LogP contribution in [0.4, 0.5) is 0 Å². The second kappa shape index (κ2) is 11.5. The minimum atomic E-state index is -3.89. The lowest BCUT2D eigenvalue weighted by atomic mass is 9.89. The van der Waals surface area contributed by atoms with Gasteiger partial charge in [0.1, 0.15) is 11.5 Å². The van der Waals surface area contributed by atoms with Gasteiger partial charge in [-0.1, -0.05) is 77.9 Å². The Kier molecular flexibility index (Phi) is 8.85. The molecule has 194 valence electrons. The maximum absolute atomic E-state index is 14.2. The van der Waals surface area contributed by atoms with E-state index < -0.39 is 16.1 Å². The smallest absolute Gasteiger partial charge is 0.242 e. The van der Waals surface area contributed by atoms with Crippen molar-refractivity contribution in [3.8, 4) is 11.5 Å². The summed E-state index contributed by atoms with van der Waals surface area (Å²) in [4.78, 5) is 0.393. The SMILES string of the molecule is COc1ccc(C(NS(=O)(=O)c2c(C(C)C)cc(C(C)C)cc2C(C)C)c2ccc(OC)cc2)cc1. The van der Waals surface area contributed by atoms with Gasteiger partial charge in [-0.15, -0.1) is 0 Å². The van der Waals surface area contributed by atoms with Gasteiger partial charge < -0.3 is 9.47 Å². The number of rotatable bonds is 10. The van der Waals surface area contributed by atoms with E-state index in [1.54, 1.807) is 14.2 Å². The zero-order chi connectivity index (χ0) is 26.6. The van der Waals surface area contributed by atoms with Crippen LogP contribution in [0.15, 0.2) is 65.6 Å². The molecule has 0 bridgehead atoms. The van der Waals surface area contributed by atoms with Crippen molar-refractivity contribution >= 4 is 10.0 Å². The summed E-state index contributed by atoms with van der Waals surface area (Å²) in [5, 5.41) is 0. The fourth-order valence-corrected chi connectivity index (χ4v) is 6.25. The Labute approximate surface area is 216 Å². The molecule has 0 radical (unpaired) electrons. The monoisotopic (exact) mass is 509 g/mol. The van der Waals surface area contributed by atoms with Crippen molar-refractivity contribution in [1.29, 1.82) is 0 Å². The van der Waals surface area contributed by atoms with Crippen molar-refractivity contribution in [1.82, 2.24) is 4.72 Å². The molecule has 0 aliphatic carbocycles. The van der Waals surface area contributed by atoms with E-state index in [9.17, 15) is 8.42 Å². The van der Waals surface area contributed by atoms with Crippen molar-refractivity contribution in [2.75, 3.05) is 14.2 Å². The minimum absolute atomic E-state index is 0.0493. The van der Waals surface area contributed by atoms with Gasteiger partial charge in [0.2, 0.25) is 10.0 Å². The largest absolute Gasteiger partial charge is 0.497 e. The molecule has 1 N–H and O–H groups in total. The molecule has 0 saturated heterocycles. The summed E-state index contributed by atoms with van der Waals surface area (Å²) in [6, 6.07) is 18.5. The van der Waals surface area contributed by atoms with Gasteiger partial charge in [-0.3, -0.25) is 0 Å². The molecule has 0 spiro atoms. The lowest BCUT2D eigenvalue weighted by Gasteiger charge is -2.26. The molecule has 3 aromatic rings. The molecule has 5 nitrogen and oxygen atoms in total. The molecule has 3 aromatic carbocycles. The summed E-state index contributed by atoms with van der Waals surface area (Å²) >= 11 is 0. The zero-order valence-electron chi connectivity index (χ0n) is 22.6. The van der Waals surface area contributed by atoms with E-state index in [4.69, 9.17) is 9.47 Å². The third-order valence-electron chi connectivity index (χ3n) is 6.52. The first-order valence-electron chi connectivity index (χ1n) is 12.5. The van der Waals surface area contributed by atoms with Crippen LogP contribution in [-0.4, -0.2) is 22.6 Å². The first-order valence-corrected chi connectivity index (χ1v) is 13.9. The van der Waals surface area contributed by atoms with E-state index in [1.807, 2.05) is 76.2 Å². The van der Waals surface area contributed by atoms with Crippen LogP contribution in [-0.2, 0) is 10.0 Å². The normalized spacial score (nSPS) is 12.1. The third kappa shape index (κ3) is 6.11. The fraction of sp³-hybridized carbons (Fsp3) is 0.400. The van der Waals surface area contributed by atoms with Crippen LogP contribution in [0.3, 0.4) is 0 Å². The molecule has 0 fully saturated rings. The highest BCUT2D eigenvalue weighted by molar-refractivity contribution is 7.89. The Bertz CT molecular complexity index is 1180. The van der Waals surface area contributed by atoms with Gasteiger partial charge >= 0.3 is 0 Å². The fourth-order valence-electron chi connectivity index (χ4n) is 4.34. The average molecular weight is 510 g/mol. The van der Waals surface area contributed by atoms with Gasteiger partial charge in [-0.25, -0.2) is 8.42 Å². The summed E-state index contributed by atoms with van der Waals surface area (Å²) in [5.74, 6) is 1.82. The molecule has 0 heterocycles. The van der Waals surface area contributed by atoms with Gasteiger partial charge in [0.15, 0.2) is 0 Å². The highest BCUT2D eigenvalue weighted by Gasteiger charge is 2.30. The van der Waals surface area contributed by atoms with Gasteiger partial charge in [0.05, 0.1) is 25.2 Å². The molecule has 0 aliphatic rings. The maximum Gasteiger partial charge on any atom is 0.242 e. The lowest BCUT2D eigenvalue weighted by molar-refractivity contribution is 0.414. The summed E-state index contributed by atoms with van der Waals surface area (Å²) in [5.41, 5.74) is 4.49. The number of hydrogen-bond acceptors (Lipinski definition) is 4. The van der Waals surface area contributed by atoms with Crippen LogP contribution >= 0.6 is 0 Å². The highest BCUT2D eigenvalue weighted by Crippen LogP contribution is 2.36. The van der Waals surface area contributed by atoms with Gasteiger partial charge in [-0.2, -0.15) is 4.72 Å². The van der Waals surface area contributed by atoms with Crippen molar-refractivity contribution in [2.45, 2.75) is 70.2 Å². The standard InChI is InChI=1S/C30H39NO4S/c1-19(2)24-17-27(20(3)4)30(28(18-24)21(5)6)36(32,33)31-29(22-9-13-25(34-7)14-10-22)23-11-15-26(35-8)16-12-23/h9-21,29,31H,1-8H3. The van der Waals surface area contributed by atoms with Crippen LogP contribution in [0.2, 0.25) is 0 Å².